The van der Waals surface area contributed by atoms with Gasteiger partial charge in [-0.3, -0.25) is 4.79 Å². The van der Waals surface area contributed by atoms with Gasteiger partial charge in [-0.2, -0.15) is 10.5 Å². The first-order valence-corrected chi connectivity index (χ1v) is 4.96. The van der Waals surface area contributed by atoms with Crippen molar-refractivity contribution >= 4 is 17.5 Å². The van der Waals surface area contributed by atoms with Crippen molar-refractivity contribution in [2.45, 2.75) is 0 Å². The van der Waals surface area contributed by atoms with Gasteiger partial charge in [0, 0.05) is 5.02 Å². The first-order valence-electron chi connectivity index (χ1n) is 4.58. The van der Waals surface area contributed by atoms with E-state index in [2.05, 4.69) is 0 Å². The van der Waals surface area contributed by atoms with Crippen LogP contribution in [0.3, 0.4) is 0 Å². The molecule has 0 N–H and O–H groups in total. The number of hydrogen-bond donors (Lipinski definition) is 0. The molecule has 0 saturated carbocycles. The van der Waals surface area contributed by atoms with Crippen molar-refractivity contribution in [3.8, 4) is 12.1 Å². The number of carbonyl (C=O) groups excluding carboxylic acids is 1. The van der Waals surface area contributed by atoms with Crippen molar-refractivity contribution in [3.05, 3.63) is 34.6 Å². The SMILES string of the molecule is N#CCN(CC#N)C(=O)c1ccc(Cl)cc1F. The fourth-order valence-electron chi connectivity index (χ4n) is 1.20. The summed E-state index contributed by atoms with van der Waals surface area (Å²) in [4.78, 5) is 12.7. The third-order valence-corrected chi connectivity index (χ3v) is 2.21. The highest BCUT2D eigenvalue weighted by Gasteiger charge is 2.18. The highest BCUT2D eigenvalue weighted by Crippen LogP contribution is 2.16. The molecule has 1 amide bonds. The summed E-state index contributed by atoms with van der Waals surface area (Å²) in [5, 5.41) is 17.2. The summed E-state index contributed by atoms with van der Waals surface area (Å²) in [7, 11) is 0. The fraction of sp³-hybridized carbons (Fsp3) is 0.182. The monoisotopic (exact) mass is 251 g/mol. The Bertz CT molecular complexity index is 502. The molecule has 0 heterocycles. The summed E-state index contributed by atoms with van der Waals surface area (Å²) >= 11 is 5.55. The molecule has 86 valence electrons. The molecular formula is C11H7ClFN3O. The molecule has 0 bridgehead atoms. The first-order chi connectivity index (χ1) is 8.10. The van der Waals surface area contributed by atoms with Crippen molar-refractivity contribution in [2.24, 2.45) is 0 Å². The lowest BCUT2D eigenvalue weighted by molar-refractivity contribution is 0.0790. The number of nitriles is 2. The zero-order valence-electron chi connectivity index (χ0n) is 8.65. The Morgan fingerprint density at radius 2 is 1.94 bits per heavy atom. The van der Waals surface area contributed by atoms with Gasteiger partial charge in [0.25, 0.3) is 5.91 Å². The topological polar surface area (TPSA) is 67.9 Å². The van der Waals surface area contributed by atoms with Crippen molar-refractivity contribution in [1.82, 2.24) is 4.90 Å². The molecular weight excluding hydrogens is 245 g/mol. The van der Waals surface area contributed by atoms with Crippen LogP contribution in [0.5, 0.6) is 0 Å². The summed E-state index contributed by atoms with van der Waals surface area (Å²) < 4.78 is 13.4. The normalized spacial score (nSPS) is 9.18. The van der Waals surface area contributed by atoms with Gasteiger partial charge < -0.3 is 4.90 Å². The van der Waals surface area contributed by atoms with Crippen LogP contribution in [0.25, 0.3) is 0 Å². The molecule has 0 aromatic heterocycles. The van der Waals surface area contributed by atoms with E-state index in [0.717, 1.165) is 11.0 Å². The Labute approximate surface area is 102 Å². The van der Waals surface area contributed by atoms with Gasteiger partial charge in [0.1, 0.15) is 18.9 Å². The van der Waals surface area contributed by atoms with Gasteiger partial charge >= 0.3 is 0 Å². The van der Waals surface area contributed by atoms with E-state index in [1.807, 2.05) is 0 Å². The Kier molecular flexibility index (Phi) is 4.45. The van der Waals surface area contributed by atoms with Crippen LogP contribution < -0.4 is 0 Å². The second kappa shape index (κ2) is 5.83. The molecule has 4 nitrogen and oxygen atoms in total. The van der Waals surface area contributed by atoms with Gasteiger partial charge in [0.15, 0.2) is 0 Å². The summed E-state index contributed by atoms with van der Waals surface area (Å²) in [5.74, 6) is -1.48. The number of benzene rings is 1. The van der Waals surface area contributed by atoms with Crippen LogP contribution in [0.4, 0.5) is 4.39 Å². The maximum absolute atomic E-state index is 13.4. The van der Waals surface area contributed by atoms with Crippen LogP contribution in [0.2, 0.25) is 5.02 Å². The number of hydrogen-bond acceptors (Lipinski definition) is 3. The van der Waals surface area contributed by atoms with Gasteiger partial charge in [0.2, 0.25) is 0 Å². The van der Waals surface area contributed by atoms with Gasteiger partial charge in [-0.1, -0.05) is 11.6 Å². The van der Waals surface area contributed by atoms with Gasteiger partial charge in [-0.25, -0.2) is 4.39 Å². The number of halogens is 2. The predicted molar refractivity (Wildman–Crippen MR) is 58.5 cm³/mol. The van der Waals surface area contributed by atoms with Crippen molar-refractivity contribution in [2.75, 3.05) is 13.1 Å². The van der Waals surface area contributed by atoms with Crippen molar-refractivity contribution in [3.63, 3.8) is 0 Å². The molecule has 0 unspecified atom stereocenters. The molecule has 0 spiro atoms. The van der Waals surface area contributed by atoms with Crippen LogP contribution in [0.15, 0.2) is 18.2 Å². The predicted octanol–water partition coefficient (Wildman–Crippen LogP) is 1.97. The molecule has 17 heavy (non-hydrogen) atoms. The van der Waals surface area contributed by atoms with Crippen molar-refractivity contribution < 1.29 is 9.18 Å². The van der Waals surface area contributed by atoms with E-state index in [-0.39, 0.29) is 23.7 Å². The van der Waals surface area contributed by atoms with E-state index in [0.29, 0.717) is 0 Å². The average molecular weight is 252 g/mol. The number of carbonyl (C=O) groups is 1. The highest BCUT2D eigenvalue weighted by atomic mass is 35.5. The minimum Gasteiger partial charge on any atom is -0.312 e. The molecule has 1 rings (SSSR count). The third kappa shape index (κ3) is 3.17. The number of rotatable bonds is 3. The summed E-state index contributed by atoms with van der Waals surface area (Å²) in [5.41, 5.74) is -0.208. The summed E-state index contributed by atoms with van der Waals surface area (Å²) in [6.45, 7) is -0.539. The Morgan fingerprint density at radius 3 is 2.41 bits per heavy atom. The highest BCUT2D eigenvalue weighted by molar-refractivity contribution is 6.30. The second-order valence-electron chi connectivity index (χ2n) is 3.10. The van der Waals surface area contributed by atoms with E-state index in [1.165, 1.54) is 12.1 Å². The zero-order valence-corrected chi connectivity index (χ0v) is 9.41. The van der Waals surface area contributed by atoms with E-state index in [9.17, 15) is 9.18 Å². The van der Waals surface area contributed by atoms with Crippen LogP contribution in [0, 0.1) is 28.5 Å². The van der Waals surface area contributed by atoms with E-state index >= 15 is 0 Å². The zero-order chi connectivity index (χ0) is 12.8. The molecule has 6 heteroatoms. The van der Waals surface area contributed by atoms with Crippen LogP contribution in [0.1, 0.15) is 10.4 Å². The molecule has 0 saturated heterocycles. The minimum atomic E-state index is -0.775. The fourth-order valence-corrected chi connectivity index (χ4v) is 1.36. The molecule has 1 aromatic rings. The molecule has 0 fully saturated rings. The Morgan fingerprint density at radius 1 is 1.35 bits per heavy atom. The van der Waals surface area contributed by atoms with Gasteiger partial charge in [-0.05, 0) is 18.2 Å². The van der Waals surface area contributed by atoms with E-state index in [4.69, 9.17) is 22.1 Å². The van der Waals surface area contributed by atoms with Crippen LogP contribution >= 0.6 is 11.6 Å². The molecule has 0 aliphatic heterocycles. The quantitative estimate of drug-likeness (QED) is 0.771. The molecule has 0 atom stereocenters. The molecule has 0 radical (unpaired) electrons. The average Bonchev–Trinajstić information content (AvgIpc) is 2.28. The summed E-state index contributed by atoms with van der Waals surface area (Å²) in [6, 6.07) is 7.08. The van der Waals surface area contributed by atoms with Crippen LogP contribution in [-0.4, -0.2) is 23.9 Å². The molecule has 0 aliphatic carbocycles. The van der Waals surface area contributed by atoms with E-state index < -0.39 is 11.7 Å². The Hall–Kier alpha value is -2.11. The van der Waals surface area contributed by atoms with Crippen molar-refractivity contribution in [1.29, 1.82) is 10.5 Å². The van der Waals surface area contributed by atoms with Gasteiger partial charge in [0.05, 0.1) is 17.7 Å². The number of nitrogens with zero attached hydrogens (tertiary/aromatic N) is 3. The molecule has 1 aromatic carbocycles. The maximum Gasteiger partial charge on any atom is 0.258 e. The van der Waals surface area contributed by atoms with Gasteiger partial charge in [-0.15, -0.1) is 0 Å². The minimum absolute atomic E-state index is 0.172. The largest absolute Gasteiger partial charge is 0.312 e. The van der Waals surface area contributed by atoms with E-state index in [1.54, 1.807) is 12.1 Å². The lowest BCUT2D eigenvalue weighted by atomic mass is 10.2. The molecule has 0 aliphatic rings. The first kappa shape index (κ1) is 13.0. The standard InChI is InChI=1S/C11H7ClFN3O/c12-8-1-2-9(10(13)7-8)11(17)16(5-3-14)6-4-15/h1-2,7H,5-6H2. The summed E-state index contributed by atoms with van der Waals surface area (Å²) in [6.07, 6.45) is 0. The number of amides is 1. The second-order valence-corrected chi connectivity index (χ2v) is 3.54. The maximum atomic E-state index is 13.4. The third-order valence-electron chi connectivity index (χ3n) is 1.97. The Balaban J connectivity index is 3.02. The smallest absolute Gasteiger partial charge is 0.258 e. The lowest BCUT2D eigenvalue weighted by Crippen LogP contribution is -2.32. The lowest BCUT2D eigenvalue weighted by Gasteiger charge is -2.16. The van der Waals surface area contributed by atoms with Crippen LogP contribution in [-0.2, 0) is 0 Å².